The predicted molar refractivity (Wildman–Crippen MR) is 84.7 cm³/mol. The van der Waals surface area contributed by atoms with Gasteiger partial charge in [0.05, 0.1) is 6.61 Å². The van der Waals surface area contributed by atoms with Crippen LogP contribution < -0.4 is 5.32 Å². The number of anilines is 1. The lowest BCUT2D eigenvalue weighted by atomic mass is 9.89. The monoisotopic (exact) mass is 337 g/mol. The Morgan fingerprint density at radius 3 is 2.80 bits per heavy atom. The van der Waals surface area contributed by atoms with Crippen molar-refractivity contribution >= 4 is 27.6 Å². The Morgan fingerprint density at radius 2 is 2.20 bits per heavy atom. The van der Waals surface area contributed by atoms with E-state index in [1.54, 1.807) is 0 Å². The molecular formula is C16H20BrNO2. The number of carbonyl (C=O) groups is 1. The molecule has 0 saturated heterocycles. The minimum Gasteiger partial charge on any atom is -0.464 e. The number of hydrogen-bond donors (Lipinski definition) is 1. The summed E-state index contributed by atoms with van der Waals surface area (Å²) in [7, 11) is 0. The Kier molecular flexibility index (Phi) is 5.65. The zero-order valence-electron chi connectivity index (χ0n) is 11.6. The van der Waals surface area contributed by atoms with Crippen molar-refractivity contribution in [2.24, 2.45) is 5.92 Å². The number of carbonyl (C=O) groups excluding carboxylic acids is 1. The second-order valence-electron chi connectivity index (χ2n) is 4.90. The first-order chi connectivity index (χ1) is 9.70. The van der Waals surface area contributed by atoms with E-state index in [2.05, 4.69) is 33.4 Å². The number of hydrogen-bond acceptors (Lipinski definition) is 3. The van der Waals surface area contributed by atoms with Crippen LogP contribution in [-0.4, -0.2) is 18.6 Å². The van der Waals surface area contributed by atoms with E-state index < -0.39 is 0 Å². The topological polar surface area (TPSA) is 38.3 Å². The zero-order valence-corrected chi connectivity index (χ0v) is 13.2. The van der Waals surface area contributed by atoms with E-state index >= 15 is 0 Å². The van der Waals surface area contributed by atoms with Crippen molar-refractivity contribution in [3.8, 4) is 0 Å². The summed E-state index contributed by atoms with van der Waals surface area (Å²) in [6.07, 6.45) is 7.54. The van der Waals surface area contributed by atoms with Crippen LogP contribution in [0.4, 0.5) is 5.69 Å². The first kappa shape index (κ1) is 15.1. The maximum Gasteiger partial charge on any atom is 0.329 e. The molecule has 20 heavy (non-hydrogen) atoms. The number of benzene rings is 1. The van der Waals surface area contributed by atoms with E-state index in [0.717, 1.165) is 29.4 Å². The fourth-order valence-electron chi connectivity index (χ4n) is 2.41. The summed E-state index contributed by atoms with van der Waals surface area (Å²) in [5.74, 6) is 0.0263. The van der Waals surface area contributed by atoms with Gasteiger partial charge in [-0.1, -0.05) is 28.1 Å². The van der Waals surface area contributed by atoms with Gasteiger partial charge in [0.15, 0.2) is 0 Å². The SMILES string of the molecule is CCOC(=O)[C@H](Nc1ccc(Br)cc1)[C@H]1C=CCCC1. The maximum atomic E-state index is 12.2. The lowest BCUT2D eigenvalue weighted by Crippen LogP contribution is -2.38. The smallest absolute Gasteiger partial charge is 0.329 e. The summed E-state index contributed by atoms with van der Waals surface area (Å²) in [6.45, 7) is 2.25. The van der Waals surface area contributed by atoms with Crippen molar-refractivity contribution in [1.29, 1.82) is 0 Å². The number of allylic oxidation sites excluding steroid dienone is 1. The fraction of sp³-hybridized carbons (Fsp3) is 0.438. The predicted octanol–water partition coefficient (Wildman–Crippen LogP) is 4.15. The van der Waals surface area contributed by atoms with Crippen LogP contribution in [0.1, 0.15) is 26.2 Å². The molecule has 0 amide bonds. The molecule has 0 unspecified atom stereocenters. The van der Waals surface area contributed by atoms with Gasteiger partial charge in [-0.2, -0.15) is 0 Å². The van der Waals surface area contributed by atoms with Crippen molar-refractivity contribution in [3.63, 3.8) is 0 Å². The van der Waals surface area contributed by atoms with Gasteiger partial charge in [0, 0.05) is 16.1 Å². The molecule has 0 aliphatic heterocycles. The number of esters is 1. The standard InChI is InChI=1S/C16H20BrNO2/c1-2-20-16(19)15(12-6-4-3-5-7-12)18-14-10-8-13(17)9-11-14/h4,6,8-12,15,18H,2-3,5,7H2,1H3/t12-,15+/m0/s1. The molecule has 4 heteroatoms. The molecule has 1 aromatic carbocycles. The van der Waals surface area contributed by atoms with Crippen LogP contribution in [0.3, 0.4) is 0 Å². The van der Waals surface area contributed by atoms with Crippen LogP contribution >= 0.6 is 15.9 Å². The van der Waals surface area contributed by atoms with Crippen molar-refractivity contribution in [3.05, 3.63) is 40.9 Å². The molecule has 2 atom stereocenters. The first-order valence-corrected chi connectivity index (χ1v) is 7.85. The normalized spacial score (nSPS) is 19.4. The molecular weight excluding hydrogens is 318 g/mol. The highest BCUT2D eigenvalue weighted by Crippen LogP contribution is 2.24. The Hall–Kier alpha value is -1.29. The molecule has 0 bridgehead atoms. The number of ether oxygens (including phenoxy) is 1. The molecule has 0 fully saturated rings. The van der Waals surface area contributed by atoms with Gasteiger partial charge in [0.2, 0.25) is 0 Å². The number of halogens is 1. The van der Waals surface area contributed by atoms with Crippen molar-refractivity contribution in [2.45, 2.75) is 32.2 Å². The van der Waals surface area contributed by atoms with Crippen LogP contribution in [0.15, 0.2) is 40.9 Å². The summed E-state index contributed by atoms with van der Waals surface area (Å²) in [6, 6.07) is 7.53. The van der Waals surface area contributed by atoms with Gasteiger partial charge in [-0.3, -0.25) is 0 Å². The van der Waals surface area contributed by atoms with Gasteiger partial charge in [-0.15, -0.1) is 0 Å². The first-order valence-electron chi connectivity index (χ1n) is 7.06. The molecule has 3 nitrogen and oxygen atoms in total. The third-order valence-corrected chi connectivity index (χ3v) is 3.96. The minimum absolute atomic E-state index is 0.174. The van der Waals surface area contributed by atoms with Crippen LogP contribution in [0, 0.1) is 5.92 Å². The second-order valence-corrected chi connectivity index (χ2v) is 5.82. The van der Waals surface area contributed by atoms with E-state index in [4.69, 9.17) is 4.74 Å². The summed E-state index contributed by atoms with van der Waals surface area (Å²) in [5.41, 5.74) is 0.935. The average Bonchev–Trinajstić information content (AvgIpc) is 2.48. The Balaban J connectivity index is 2.13. The molecule has 2 rings (SSSR count). The van der Waals surface area contributed by atoms with Crippen LogP contribution in [0.5, 0.6) is 0 Å². The summed E-state index contributed by atoms with van der Waals surface area (Å²) < 4.78 is 6.23. The van der Waals surface area contributed by atoms with E-state index in [1.165, 1.54) is 0 Å². The van der Waals surface area contributed by atoms with Crippen LogP contribution in [-0.2, 0) is 9.53 Å². The highest BCUT2D eigenvalue weighted by molar-refractivity contribution is 9.10. The minimum atomic E-state index is -0.312. The fourth-order valence-corrected chi connectivity index (χ4v) is 2.68. The van der Waals surface area contributed by atoms with Gasteiger partial charge in [-0.05, 0) is 50.5 Å². The van der Waals surface area contributed by atoms with Gasteiger partial charge in [0.25, 0.3) is 0 Å². The van der Waals surface area contributed by atoms with Gasteiger partial charge in [-0.25, -0.2) is 4.79 Å². The molecule has 108 valence electrons. The zero-order chi connectivity index (χ0) is 14.4. The molecule has 1 aromatic rings. The van der Waals surface area contributed by atoms with E-state index in [-0.39, 0.29) is 17.9 Å². The average molecular weight is 338 g/mol. The van der Waals surface area contributed by atoms with Gasteiger partial charge >= 0.3 is 5.97 Å². The van der Waals surface area contributed by atoms with Crippen molar-refractivity contribution < 1.29 is 9.53 Å². The summed E-state index contributed by atoms with van der Waals surface area (Å²) >= 11 is 3.41. The number of nitrogens with one attached hydrogen (secondary N) is 1. The van der Waals surface area contributed by atoms with E-state index in [0.29, 0.717) is 6.61 Å². The maximum absolute atomic E-state index is 12.2. The molecule has 1 aliphatic rings. The quantitative estimate of drug-likeness (QED) is 0.647. The number of rotatable bonds is 5. The molecule has 0 heterocycles. The lowest BCUT2D eigenvalue weighted by molar-refractivity contribution is -0.145. The summed E-state index contributed by atoms with van der Waals surface area (Å²) in [4.78, 5) is 12.2. The van der Waals surface area contributed by atoms with E-state index in [9.17, 15) is 4.79 Å². The van der Waals surface area contributed by atoms with Crippen molar-refractivity contribution in [1.82, 2.24) is 0 Å². The highest BCUT2D eigenvalue weighted by atomic mass is 79.9. The third kappa shape index (κ3) is 4.10. The van der Waals surface area contributed by atoms with E-state index in [1.807, 2.05) is 31.2 Å². The molecule has 0 spiro atoms. The summed E-state index contributed by atoms with van der Waals surface area (Å²) in [5, 5.41) is 3.31. The Labute approximate surface area is 128 Å². The molecule has 0 saturated carbocycles. The Bertz CT molecular complexity index is 470. The molecule has 1 aliphatic carbocycles. The lowest BCUT2D eigenvalue weighted by Gasteiger charge is -2.26. The largest absolute Gasteiger partial charge is 0.464 e. The second kappa shape index (κ2) is 7.48. The highest BCUT2D eigenvalue weighted by Gasteiger charge is 2.28. The Morgan fingerprint density at radius 1 is 1.45 bits per heavy atom. The van der Waals surface area contributed by atoms with Gasteiger partial charge in [0.1, 0.15) is 6.04 Å². The molecule has 0 aromatic heterocycles. The third-order valence-electron chi connectivity index (χ3n) is 3.43. The van der Waals surface area contributed by atoms with Gasteiger partial charge < -0.3 is 10.1 Å². The molecule has 1 N–H and O–H groups in total. The van der Waals surface area contributed by atoms with Crippen LogP contribution in [0.2, 0.25) is 0 Å². The molecule has 0 radical (unpaired) electrons. The van der Waals surface area contributed by atoms with Crippen molar-refractivity contribution in [2.75, 3.05) is 11.9 Å². The van der Waals surface area contributed by atoms with Crippen LogP contribution in [0.25, 0.3) is 0 Å².